The number of halogens is 1. The Hall–Kier alpha value is -1.56. The maximum absolute atomic E-state index is 12.5. The van der Waals surface area contributed by atoms with E-state index in [4.69, 9.17) is 11.6 Å². The summed E-state index contributed by atoms with van der Waals surface area (Å²) in [4.78, 5) is 24.4. The van der Waals surface area contributed by atoms with Gasteiger partial charge in [0.1, 0.15) is 0 Å². The first kappa shape index (κ1) is 14.8. The summed E-state index contributed by atoms with van der Waals surface area (Å²) >= 11 is 6.30. The number of aromatic nitrogens is 1. The molecule has 1 aromatic heterocycles. The summed E-state index contributed by atoms with van der Waals surface area (Å²) in [6.07, 6.45) is 3.92. The van der Waals surface area contributed by atoms with Gasteiger partial charge in [0.05, 0.1) is 12.4 Å². The molecule has 20 heavy (non-hydrogen) atoms. The number of hydrogen-bond donors (Lipinski definition) is 0. The van der Waals surface area contributed by atoms with E-state index in [0.717, 1.165) is 25.7 Å². The Kier molecular flexibility index (Phi) is 4.32. The van der Waals surface area contributed by atoms with Gasteiger partial charge < -0.3 is 15.0 Å². The van der Waals surface area contributed by atoms with Gasteiger partial charge in [0, 0.05) is 19.2 Å². The highest BCUT2D eigenvalue weighted by molar-refractivity contribution is 6.21. The van der Waals surface area contributed by atoms with Crippen LogP contribution in [0, 0.1) is 10.1 Å². The van der Waals surface area contributed by atoms with Gasteiger partial charge in [-0.2, -0.15) is 0 Å². The van der Waals surface area contributed by atoms with Crippen LogP contribution in [0.5, 0.6) is 0 Å². The van der Waals surface area contributed by atoms with Crippen molar-refractivity contribution in [2.24, 2.45) is 7.05 Å². The van der Waals surface area contributed by atoms with Gasteiger partial charge in [0.2, 0.25) is 0 Å². The zero-order chi connectivity index (χ0) is 14.9. The topological polar surface area (TPSA) is 68.4 Å². The van der Waals surface area contributed by atoms with Crippen molar-refractivity contribution in [2.75, 3.05) is 7.05 Å². The van der Waals surface area contributed by atoms with Crippen LogP contribution in [0.2, 0.25) is 0 Å². The SMILES string of the molecule is CN(C(=O)c1ccc([N+](=O)[O-])n1C)C1CCCCC1Cl. The summed E-state index contributed by atoms with van der Waals surface area (Å²) < 4.78 is 1.31. The summed E-state index contributed by atoms with van der Waals surface area (Å²) in [5.74, 6) is -0.314. The summed E-state index contributed by atoms with van der Waals surface area (Å²) in [6.45, 7) is 0. The molecular formula is C13H18ClN3O3. The molecule has 0 bridgehead atoms. The van der Waals surface area contributed by atoms with Crippen LogP contribution in [0.25, 0.3) is 0 Å². The van der Waals surface area contributed by atoms with Crippen molar-refractivity contribution in [1.82, 2.24) is 9.47 Å². The molecule has 0 N–H and O–H groups in total. The first-order chi connectivity index (χ1) is 9.43. The van der Waals surface area contributed by atoms with Gasteiger partial charge in [0.15, 0.2) is 5.69 Å². The Balaban J connectivity index is 2.20. The summed E-state index contributed by atoms with van der Waals surface area (Å²) in [6, 6.07) is 2.83. The minimum absolute atomic E-state index is 0.00753. The van der Waals surface area contributed by atoms with Crippen molar-refractivity contribution in [2.45, 2.75) is 37.1 Å². The molecule has 6 nitrogen and oxygen atoms in total. The Morgan fingerprint density at radius 1 is 1.45 bits per heavy atom. The number of nitrogens with zero attached hydrogens (tertiary/aromatic N) is 3. The number of rotatable bonds is 3. The van der Waals surface area contributed by atoms with E-state index in [2.05, 4.69) is 0 Å². The van der Waals surface area contributed by atoms with E-state index in [1.54, 1.807) is 11.9 Å². The third-order valence-corrected chi connectivity index (χ3v) is 4.48. The molecule has 1 amide bonds. The molecular weight excluding hydrogens is 282 g/mol. The van der Waals surface area contributed by atoms with Gasteiger partial charge in [-0.05, 0) is 23.8 Å². The van der Waals surface area contributed by atoms with Crippen LogP contribution in [0.1, 0.15) is 36.2 Å². The van der Waals surface area contributed by atoms with Crippen molar-refractivity contribution >= 4 is 23.3 Å². The van der Waals surface area contributed by atoms with E-state index >= 15 is 0 Å². The Bertz CT molecular complexity index is 529. The molecule has 0 spiro atoms. The predicted molar refractivity (Wildman–Crippen MR) is 76.1 cm³/mol. The molecule has 7 heteroatoms. The van der Waals surface area contributed by atoms with E-state index in [9.17, 15) is 14.9 Å². The van der Waals surface area contributed by atoms with Crippen molar-refractivity contribution in [3.8, 4) is 0 Å². The van der Waals surface area contributed by atoms with Crippen LogP contribution in [-0.4, -0.2) is 38.8 Å². The largest absolute Gasteiger partial charge is 0.358 e. The van der Waals surface area contributed by atoms with Gasteiger partial charge in [-0.3, -0.25) is 4.79 Å². The van der Waals surface area contributed by atoms with Gasteiger partial charge >= 0.3 is 5.82 Å². The normalized spacial score (nSPS) is 22.6. The zero-order valence-corrected chi connectivity index (χ0v) is 12.3. The van der Waals surface area contributed by atoms with Crippen LogP contribution in [0.15, 0.2) is 12.1 Å². The third kappa shape index (κ3) is 2.65. The number of carbonyl (C=O) groups is 1. The van der Waals surface area contributed by atoms with E-state index in [-0.39, 0.29) is 23.1 Å². The lowest BCUT2D eigenvalue weighted by molar-refractivity contribution is -0.391. The maximum Gasteiger partial charge on any atom is 0.323 e. The summed E-state index contributed by atoms with van der Waals surface area (Å²) in [5.41, 5.74) is 0.314. The number of hydrogen-bond acceptors (Lipinski definition) is 3. The highest BCUT2D eigenvalue weighted by atomic mass is 35.5. The molecule has 0 aliphatic heterocycles. The quantitative estimate of drug-likeness (QED) is 0.489. The molecule has 1 aromatic rings. The predicted octanol–water partition coefficient (Wildman–Crippen LogP) is 2.56. The van der Waals surface area contributed by atoms with E-state index in [1.165, 1.54) is 23.7 Å². The van der Waals surface area contributed by atoms with Crippen LogP contribution in [0.4, 0.5) is 5.82 Å². The number of amides is 1. The minimum atomic E-state index is -0.498. The number of alkyl halides is 1. The molecule has 0 radical (unpaired) electrons. The molecule has 0 aromatic carbocycles. The number of carbonyl (C=O) groups excluding carboxylic acids is 1. The van der Waals surface area contributed by atoms with Gasteiger partial charge in [-0.15, -0.1) is 11.6 Å². The Labute approximate surface area is 122 Å². The summed E-state index contributed by atoms with van der Waals surface area (Å²) in [5, 5.41) is 10.8. The van der Waals surface area contributed by atoms with Gasteiger partial charge in [0.25, 0.3) is 5.91 Å². The van der Waals surface area contributed by atoms with Crippen LogP contribution in [-0.2, 0) is 7.05 Å². The number of nitro groups is 1. The van der Waals surface area contributed by atoms with Gasteiger partial charge in [-0.25, -0.2) is 4.57 Å². The Morgan fingerprint density at radius 2 is 2.10 bits per heavy atom. The van der Waals surface area contributed by atoms with E-state index < -0.39 is 4.92 Å². The molecule has 1 heterocycles. The lowest BCUT2D eigenvalue weighted by Gasteiger charge is -2.34. The fourth-order valence-corrected chi connectivity index (χ4v) is 3.18. The first-order valence-corrected chi connectivity index (χ1v) is 7.08. The monoisotopic (exact) mass is 299 g/mol. The lowest BCUT2D eigenvalue weighted by atomic mass is 9.94. The zero-order valence-electron chi connectivity index (χ0n) is 11.6. The fraction of sp³-hybridized carbons (Fsp3) is 0.615. The van der Waals surface area contributed by atoms with Gasteiger partial charge in [-0.1, -0.05) is 12.8 Å². The average molecular weight is 300 g/mol. The maximum atomic E-state index is 12.5. The van der Waals surface area contributed by atoms with E-state index in [1.807, 2.05) is 0 Å². The smallest absolute Gasteiger partial charge is 0.323 e. The standard InChI is InChI=1S/C13H18ClN3O3/c1-15-11(7-8-12(15)17(19)20)13(18)16(2)10-6-4-3-5-9(10)14/h7-10H,3-6H2,1-2H3. The second kappa shape index (κ2) is 5.83. The fourth-order valence-electron chi connectivity index (χ4n) is 2.73. The summed E-state index contributed by atoms with van der Waals surface area (Å²) in [7, 11) is 3.24. The van der Waals surface area contributed by atoms with Crippen LogP contribution < -0.4 is 0 Å². The Morgan fingerprint density at radius 3 is 2.65 bits per heavy atom. The highest BCUT2D eigenvalue weighted by Gasteiger charge is 2.32. The van der Waals surface area contributed by atoms with Crippen molar-refractivity contribution in [3.05, 3.63) is 27.9 Å². The molecule has 2 rings (SSSR count). The molecule has 2 atom stereocenters. The second-order valence-corrected chi connectivity index (χ2v) is 5.74. The van der Waals surface area contributed by atoms with E-state index in [0.29, 0.717) is 5.69 Å². The molecule has 1 aliphatic carbocycles. The minimum Gasteiger partial charge on any atom is -0.358 e. The first-order valence-electron chi connectivity index (χ1n) is 6.65. The molecule has 1 saturated carbocycles. The molecule has 0 saturated heterocycles. The van der Waals surface area contributed by atoms with Crippen LogP contribution >= 0.6 is 11.6 Å². The second-order valence-electron chi connectivity index (χ2n) is 5.18. The molecule has 2 unspecified atom stereocenters. The molecule has 110 valence electrons. The highest BCUT2D eigenvalue weighted by Crippen LogP contribution is 2.28. The van der Waals surface area contributed by atoms with Crippen molar-refractivity contribution < 1.29 is 9.72 Å². The average Bonchev–Trinajstić information content (AvgIpc) is 2.79. The molecule has 1 fully saturated rings. The van der Waals surface area contributed by atoms with Crippen molar-refractivity contribution in [1.29, 1.82) is 0 Å². The van der Waals surface area contributed by atoms with Crippen LogP contribution in [0.3, 0.4) is 0 Å². The lowest BCUT2D eigenvalue weighted by Crippen LogP contribution is -2.44. The molecule has 1 aliphatic rings. The van der Waals surface area contributed by atoms with Crippen molar-refractivity contribution in [3.63, 3.8) is 0 Å². The third-order valence-electron chi connectivity index (χ3n) is 3.97.